The molecule has 4 aromatic rings. The summed E-state index contributed by atoms with van der Waals surface area (Å²) in [6, 6.07) is 17.3. The topological polar surface area (TPSA) is 60.2 Å². The molecule has 0 fully saturated rings. The predicted molar refractivity (Wildman–Crippen MR) is 116 cm³/mol. The fourth-order valence-electron chi connectivity index (χ4n) is 3.25. The highest BCUT2D eigenvalue weighted by Gasteiger charge is 2.22. The fraction of sp³-hybridized carbons (Fsp3) is 0.182. The van der Waals surface area contributed by atoms with E-state index in [4.69, 9.17) is 33.0 Å². The molecule has 0 saturated carbocycles. The van der Waals surface area contributed by atoms with Gasteiger partial charge in [0.2, 0.25) is 0 Å². The van der Waals surface area contributed by atoms with Gasteiger partial charge < -0.3 is 9.84 Å². The number of para-hydroxylation sites is 1. The molecule has 0 aliphatic carbocycles. The van der Waals surface area contributed by atoms with E-state index in [9.17, 15) is 5.11 Å². The zero-order valence-corrected chi connectivity index (χ0v) is 17.1. The normalized spacial score (nSPS) is 11.1. The summed E-state index contributed by atoms with van der Waals surface area (Å²) in [5, 5.41) is 15.6. The average molecular weight is 428 g/mol. The highest BCUT2D eigenvalue weighted by atomic mass is 35.5. The van der Waals surface area contributed by atoms with E-state index >= 15 is 0 Å². The van der Waals surface area contributed by atoms with Crippen molar-refractivity contribution in [3.63, 3.8) is 0 Å². The second-order valence-corrected chi connectivity index (χ2v) is 7.24. The van der Waals surface area contributed by atoms with Crippen molar-refractivity contribution < 1.29 is 9.84 Å². The van der Waals surface area contributed by atoms with Crippen LogP contribution in [0.2, 0.25) is 5.02 Å². The lowest BCUT2D eigenvalue weighted by atomic mass is 10.1. The van der Waals surface area contributed by atoms with Crippen LogP contribution in [0.5, 0.6) is 5.75 Å². The molecule has 4 rings (SSSR count). The van der Waals surface area contributed by atoms with Crippen molar-refractivity contribution in [3.05, 3.63) is 71.4 Å². The first-order valence-corrected chi connectivity index (χ1v) is 10.2. The first-order chi connectivity index (χ1) is 14.2. The molecule has 0 unspecified atom stereocenters. The lowest BCUT2D eigenvalue weighted by molar-refractivity contribution is 0.202. The molecule has 2 aromatic carbocycles. The average Bonchev–Trinajstić information content (AvgIpc) is 3.14. The van der Waals surface area contributed by atoms with Crippen molar-refractivity contribution in [2.24, 2.45) is 0 Å². The molecule has 0 bridgehead atoms. The molecule has 0 amide bonds. The van der Waals surface area contributed by atoms with Crippen LogP contribution in [0, 0.1) is 0 Å². The standard InChI is InChI=1S/C22H19Cl2N3O2/c23-11-10-16-14-25-22-19(21(16)29-13-12-28)20(15-6-8-17(24)9-7-15)26-27(22)18-4-2-1-3-5-18/h1-9,14,28H,10-13H2. The Balaban J connectivity index is 2.03. The second-order valence-electron chi connectivity index (χ2n) is 6.43. The minimum atomic E-state index is -0.0900. The highest BCUT2D eigenvalue weighted by molar-refractivity contribution is 6.30. The molecule has 7 heteroatoms. The van der Waals surface area contributed by atoms with Crippen molar-refractivity contribution in [1.82, 2.24) is 14.8 Å². The number of aromatic nitrogens is 3. The van der Waals surface area contributed by atoms with Gasteiger partial charge in [0, 0.05) is 28.2 Å². The molecule has 1 N–H and O–H groups in total. The van der Waals surface area contributed by atoms with Crippen LogP contribution in [0.4, 0.5) is 0 Å². The van der Waals surface area contributed by atoms with Gasteiger partial charge in [0.15, 0.2) is 5.65 Å². The quantitative estimate of drug-likeness (QED) is 0.426. The number of halogens is 2. The first kappa shape index (κ1) is 19.7. The number of aliphatic hydroxyl groups is 1. The van der Waals surface area contributed by atoms with Gasteiger partial charge in [0.25, 0.3) is 0 Å². The van der Waals surface area contributed by atoms with Gasteiger partial charge in [0.05, 0.1) is 17.7 Å². The van der Waals surface area contributed by atoms with E-state index in [1.54, 1.807) is 10.9 Å². The van der Waals surface area contributed by atoms with Gasteiger partial charge in [-0.2, -0.15) is 5.10 Å². The Morgan fingerprint density at radius 3 is 2.48 bits per heavy atom. The van der Waals surface area contributed by atoms with Crippen LogP contribution in [-0.4, -0.2) is 39.0 Å². The summed E-state index contributed by atoms with van der Waals surface area (Å²) in [6.07, 6.45) is 2.37. The molecule has 0 saturated heterocycles. The molecular formula is C22H19Cl2N3O2. The summed E-state index contributed by atoms with van der Waals surface area (Å²) in [4.78, 5) is 4.68. The van der Waals surface area contributed by atoms with E-state index in [1.807, 2.05) is 54.6 Å². The molecule has 5 nitrogen and oxygen atoms in total. The largest absolute Gasteiger partial charge is 0.490 e. The van der Waals surface area contributed by atoms with E-state index in [0.717, 1.165) is 27.9 Å². The van der Waals surface area contributed by atoms with Gasteiger partial charge in [-0.1, -0.05) is 41.9 Å². The molecular weight excluding hydrogens is 409 g/mol. The van der Waals surface area contributed by atoms with Gasteiger partial charge in [-0.15, -0.1) is 11.6 Å². The maximum atomic E-state index is 9.32. The number of rotatable bonds is 7. The fourth-order valence-corrected chi connectivity index (χ4v) is 3.58. The van der Waals surface area contributed by atoms with Gasteiger partial charge in [-0.3, -0.25) is 0 Å². The van der Waals surface area contributed by atoms with Crippen molar-refractivity contribution in [3.8, 4) is 22.7 Å². The van der Waals surface area contributed by atoms with Crippen LogP contribution in [0.1, 0.15) is 5.56 Å². The summed E-state index contributed by atoms with van der Waals surface area (Å²) in [7, 11) is 0. The number of hydrogen-bond donors (Lipinski definition) is 1. The summed E-state index contributed by atoms with van der Waals surface area (Å²) < 4.78 is 7.76. The molecule has 0 atom stereocenters. The number of alkyl halides is 1. The molecule has 0 aliphatic heterocycles. The Kier molecular flexibility index (Phi) is 6.00. The zero-order chi connectivity index (χ0) is 20.2. The number of benzene rings is 2. The van der Waals surface area contributed by atoms with Crippen LogP contribution < -0.4 is 4.74 Å². The highest BCUT2D eigenvalue weighted by Crippen LogP contribution is 2.38. The summed E-state index contributed by atoms with van der Waals surface area (Å²) >= 11 is 12.1. The SMILES string of the molecule is OCCOc1c(CCCl)cnc2c1c(-c1ccc(Cl)cc1)nn2-c1ccccc1. The molecule has 29 heavy (non-hydrogen) atoms. The summed E-state index contributed by atoms with van der Waals surface area (Å²) in [5.74, 6) is 1.09. The van der Waals surface area contributed by atoms with E-state index < -0.39 is 0 Å². The minimum absolute atomic E-state index is 0.0900. The monoisotopic (exact) mass is 427 g/mol. The lowest BCUT2D eigenvalue weighted by Crippen LogP contribution is -2.06. The van der Waals surface area contributed by atoms with E-state index in [1.165, 1.54) is 0 Å². The van der Waals surface area contributed by atoms with Crippen molar-refractivity contribution in [2.45, 2.75) is 6.42 Å². The van der Waals surface area contributed by atoms with Gasteiger partial charge in [-0.25, -0.2) is 9.67 Å². The number of nitrogens with zero attached hydrogens (tertiary/aromatic N) is 3. The lowest BCUT2D eigenvalue weighted by Gasteiger charge is -2.12. The smallest absolute Gasteiger partial charge is 0.167 e. The number of aliphatic hydroxyl groups excluding tert-OH is 1. The number of aryl methyl sites for hydroxylation is 1. The maximum Gasteiger partial charge on any atom is 0.167 e. The Bertz CT molecular complexity index is 1110. The predicted octanol–water partition coefficient (Wildman–Crippen LogP) is 4.89. The van der Waals surface area contributed by atoms with E-state index in [2.05, 4.69) is 4.98 Å². The molecule has 0 aliphatic rings. The Morgan fingerprint density at radius 2 is 1.79 bits per heavy atom. The van der Waals surface area contributed by atoms with Crippen molar-refractivity contribution >= 4 is 34.2 Å². The number of hydrogen-bond acceptors (Lipinski definition) is 4. The molecule has 0 spiro atoms. The van der Waals surface area contributed by atoms with Crippen molar-refractivity contribution in [1.29, 1.82) is 0 Å². The minimum Gasteiger partial charge on any atom is -0.490 e. The van der Waals surface area contributed by atoms with Crippen LogP contribution >= 0.6 is 23.2 Å². The number of fused-ring (bicyclic) bond motifs is 1. The van der Waals surface area contributed by atoms with Crippen LogP contribution in [0.3, 0.4) is 0 Å². The van der Waals surface area contributed by atoms with Gasteiger partial charge in [-0.05, 0) is 30.7 Å². The first-order valence-electron chi connectivity index (χ1n) is 9.24. The summed E-state index contributed by atoms with van der Waals surface area (Å²) in [5.41, 5.74) is 4.07. The maximum absolute atomic E-state index is 9.32. The third kappa shape index (κ3) is 3.94. The Hall–Kier alpha value is -2.60. The third-order valence-corrected chi connectivity index (χ3v) is 4.98. The Morgan fingerprint density at radius 1 is 1.03 bits per heavy atom. The van der Waals surface area contributed by atoms with E-state index in [-0.39, 0.29) is 13.2 Å². The van der Waals surface area contributed by atoms with Gasteiger partial charge >= 0.3 is 0 Å². The number of ether oxygens (including phenoxy) is 1. The van der Waals surface area contributed by atoms with Crippen LogP contribution in [0.15, 0.2) is 60.8 Å². The van der Waals surface area contributed by atoms with Crippen LogP contribution in [-0.2, 0) is 6.42 Å². The molecule has 2 heterocycles. The number of pyridine rings is 1. The van der Waals surface area contributed by atoms with E-state index in [0.29, 0.717) is 28.7 Å². The summed E-state index contributed by atoms with van der Waals surface area (Å²) in [6.45, 7) is 0.0816. The molecule has 148 valence electrons. The molecule has 0 radical (unpaired) electrons. The second kappa shape index (κ2) is 8.82. The zero-order valence-electron chi connectivity index (χ0n) is 15.6. The molecule has 2 aromatic heterocycles. The van der Waals surface area contributed by atoms with Crippen molar-refractivity contribution in [2.75, 3.05) is 19.1 Å². The Labute approximate surface area is 178 Å². The van der Waals surface area contributed by atoms with Crippen LogP contribution in [0.25, 0.3) is 28.0 Å². The van der Waals surface area contributed by atoms with Gasteiger partial charge in [0.1, 0.15) is 18.1 Å². The third-order valence-electron chi connectivity index (χ3n) is 4.54.